The molecule has 0 atom stereocenters. The Labute approximate surface area is 81.3 Å². The van der Waals surface area contributed by atoms with E-state index < -0.39 is 0 Å². The van der Waals surface area contributed by atoms with Crippen LogP contribution in [0.2, 0.25) is 0 Å². The molecule has 0 saturated carbocycles. The minimum atomic E-state index is 0.966. The number of nitrogens with zero attached hydrogens (tertiary/aromatic N) is 1. The maximum atomic E-state index is 4.28. The van der Waals surface area contributed by atoms with E-state index in [9.17, 15) is 0 Å². The molecule has 1 rings (SSSR count). The summed E-state index contributed by atoms with van der Waals surface area (Å²) in [7, 11) is 0. The second kappa shape index (κ2) is 5.00. The highest BCUT2D eigenvalue weighted by Gasteiger charge is 2.09. The van der Waals surface area contributed by atoms with Crippen LogP contribution in [-0.4, -0.2) is 12.8 Å². The fourth-order valence-electron chi connectivity index (χ4n) is 1.81. The van der Waals surface area contributed by atoms with Crippen LogP contribution in [0.1, 0.15) is 40.0 Å². The number of hydrogen-bond acceptors (Lipinski definition) is 1. The van der Waals surface area contributed by atoms with Gasteiger partial charge in [0.1, 0.15) is 0 Å². The van der Waals surface area contributed by atoms with Crippen molar-refractivity contribution in [2.45, 2.75) is 40.0 Å². The number of hydrogen-bond donors (Lipinski definition) is 0. The number of rotatable bonds is 3. The first-order valence-electron chi connectivity index (χ1n) is 5.14. The molecule has 0 fully saturated rings. The molecule has 0 aromatic carbocycles. The van der Waals surface area contributed by atoms with Gasteiger partial charge in [-0.15, -0.1) is 0 Å². The van der Waals surface area contributed by atoms with Crippen LogP contribution in [0.15, 0.2) is 27.8 Å². The van der Waals surface area contributed by atoms with Crippen molar-refractivity contribution in [1.82, 2.24) is 0 Å². The Kier molecular flexibility index (Phi) is 3.94. The Morgan fingerprint density at radius 2 is 2.38 bits per heavy atom. The summed E-state index contributed by atoms with van der Waals surface area (Å²) in [6, 6.07) is 0. The van der Waals surface area contributed by atoms with Crippen LogP contribution in [0.4, 0.5) is 0 Å². The molecule has 1 aliphatic rings. The lowest BCUT2D eigenvalue weighted by Crippen LogP contribution is -2.02. The van der Waals surface area contributed by atoms with Crippen molar-refractivity contribution >= 4 is 6.21 Å². The van der Waals surface area contributed by atoms with Gasteiger partial charge in [0.15, 0.2) is 0 Å². The van der Waals surface area contributed by atoms with Gasteiger partial charge in [-0.1, -0.05) is 19.4 Å². The van der Waals surface area contributed by atoms with Crippen LogP contribution in [0, 0.1) is 0 Å². The SMILES string of the molecule is C/C=C(\CCC)C1=C(C)C=NCC1. The van der Waals surface area contributed by atoms with E-state index in [2.05, 4.69) is 31.8 Å². The summed E-state index contributed by atoms with van der Waals surface area (Å²) in [6.07, 6.45) is 7.83. The molecule has 13 heavy (non-hydrogen) atoms. The smallest absolute Gasteiger partial charge is 0.0430 e. The van der Waals surface area contributed by atoms with Crippen molar-refractivity contribution in [3.63, 3.8) is 0 Å². The molecule has 0 spiro atoms. The minimum Gasteiger partial charge on any atom is -0.293 e. The molecule has 72 valence electrons. The van der Waals surface area contributed by atoms with Gasteiger partial charge in [-0.25, -0.2) is 0 Å². The first kappa shape index (κ1) is 10.2. The Morgan fingerprint density at radius 1 is 1.62 bits per heavy atom. The molecule has 0 aromatic rings. The maximum Gasteiger partial charge on any atom is 0.0430 e. The Morgan fingerprint density at radius 3 is 2.92 bits per heavy atom. The lowest BCUT2D eigenvalue weighted by Gasteiger charge is -2.15. The molecule has 1 nitrogen and oxygen atoms in total. The van der Waals surface area contributed by atoms with E-state index in [0.717, 1.165) is 13.0 Å². The van der Waals surface area contributed by atoms with Crippen molar-refractivity contribution in [2.24, 2.45) is 4.99 Å². The van der Waals surface area contributed by atoms with E-state index in [0.29, 0.717) is 0 Å². The molecule has 0 bridgehead atoms. The maximum absolute atomic E-state index is 4.28. The van der Waals surface area contributed by atoms with Crippen LogP contribution in [0.25, 0.3) is 0 Å². The van der Waals surface area contributed by atoms with Crippen LogP contribution in [0.5, 0.6) is 0 Å². The topological polar surface area (TPSA) is 12.4 Å². The average Bonchev–Trinajstić information content (AvgIpc) is 2.16. The Hall–Kier alpha value is -0.850. The monoisotopic (exact) mass is 177 g/mol. The van der Waals surface area contributed by atoms with Crippen molar-refractivity contribution in [3.05, 3.63) is 22.8 Å². The Bertz CT molecular complexity index is 256. The highest BCUT2D eigenvalue weighted by atomic mass is 14.7. The molecule has 1 heteroatoms. The van der Waals surface area contributed by atoms with E-state index in [1.165, 1.54) is 29.6 Å². The van der Waals surface area contributed by atoms with E-state index in [1.807, 2.05) is 6.21 Å². The number of allylic oxidation sites excluding steroid dienone is 3. The molecule has 0 amide bonds. The molecular formula is C12H19N. The fourth-order valence-corrected chi connectivity index (χ4v) is 1.81. The summed E-state index contributed by atoms with van der Waals surface area (Å²) in [5.41, 5.74) is 4.40. The first-order chi connectivity index (χ1) is 6.29. The zero-order valence-corrected chi connectivity index (χ0v) is 8.93. The summed E-state index contributed by atoms with van der Waals surface area (Å²) < 4.78 is 0. The summed E-state index contributed by atoms with van der Waals surface area (Å²) in [6.45, 7) is 7.50. The summed E-state index contributed by atoms with van der Waals surface area (Å²) in [5.74, 6) is 0. The molecule has 1 heterocycles. The molecule has 0 saturated heterocycles. The number of aliphatic imine (C=N–C) groups is 1. The van der Waals surface area contributed by atoms with Crippen LogP contribution in [0.3, 0.4) is 0 Å². The third-order valence-electron chi connectivity index (χ3n) is 2.51. The van der Waals surface area contributed by atoms with Gasteiger partial charge < -0.3 is 0 Å². The van der Waals surface area contributed by atoms with Crippen molar-refractivity contribution in [3.8, 4) is 0 Å². The van der Waals surface area contributed by atoms with Gasteiger partial charge in [0.2, 0.25) is 0 Å². The standard InChI is InChI=1S/C12H19N/c1-4-6-11(5-2)12-7-8-13-9-10(12)3/h5,9H,4,6-8H2,1-3H3/b11-5+. The van der Waals surface area contributed by atoms with Crippen molar-refractivity contribution in [1.29, 1.82) is 0 Å². The van der Waals surface area contributed by atoms with Gasteiger partial charge >= 0.3 is 0 Å². The highest BCUT2D eigenvalue weighted by molar-refractivity contribution is 5.81. The van der Waals surface area contributed by atoms with E-state index >= 15 is 0 Å². The van der Waals surface area contributed by atoms with Crippen molar-refractivity contribution in [2.75, 3.05) is 6.54 Å². The Balaban J connectivity index is 2.84. The zero-order chi connectivity index (χ0) is 9.68. The van der Waals surface area contributed by atoms with Gasteiger partial charge in [-0.05, 0) is 43.4 Å². The van der Waals surface area contributed by atoms with Crippen LogP contribution < -0.4 is 0 Å². The van der Waals surface area contributed by atoms with Crippen LogP contribution >= 0.6 is 0 Å². The summed E-state index contributed by atoms with van der Waals surface area (Å²) >= 11 is 0. The van der Waals surface area contributed by atoms with Gasteiger partial charge in [-0.2, -0.15) is 0 Å². The fraction of sp³-hybridized carbons (Fsp3) is 0.583. The zero-order valence-electron chi connectivity index (χ0n) is 8.93. The van der Waals surface area contributed by atoms with E-state index in [1.54, 1.807) is 0 Å². The van der Waals surface area contributed by atoms with E-state index in [-0.39, 0.29) is 0 Å². The second-order valence-electron chi connectivity index (χ2n) is 3.51. The van der Waals surface area contributed by atoms with E-state index in [4.69, 9.17) is 0 Å². The molecule has 0 N–H and O–H groups in total. The van der Waals surface area contributed by atoms with Crippen molar-refractivity contribution < 1.29 is 0 Å². The summed E-state index contributed by atoms with van der Waals surface area (Å²) in [4.78, 5) is 4.28. The highest BCUT2D eigenvalue weighted by Crippen LogP contribution is 2.24. The third-order valence-corrected chi connectivity index (χ3v) is 2.51. The predicted molar refractivity (Wildman–Crippen MR) is 59.3 cm³/mol. The second-order valence-corrected chi connectivity index (χ2v) is 3.51. The van der Waals surface area contributed by atoms with Gasteiger partial charge in [0.25, 0.3) is 0 Å². The van der Waals surface area contributed by atoms with Crippen LogP contribution in [-0.2, 0) is 0 Å². The number of dihydropyridines is 1. The quantitative estimate of drug-likeness (QED) is 0.625. The predicted octanol–water partition coefficient (Wildman–Crippen LogP) is 3.52. The first-order valence-corrected chi connectivity index (χ1v) is 5.14. The molecule has 0 aliphatic carbocycles. The summed E-state index contributed by atoms with van der Waals surface area (Å²) in [5, 5.41) is 0. The van der Waals surface area contributed by atoms with Gasteiger partial charge in [0.05, 0.1) is 0 Å². The van der Waals surface area contributed by atoms with Gasteiger partial charge in [-0.3, -0.25) is 4.99 Å². The average molecular weight is 177 g/mol. The molecule has 0 radical (unpaired) electrons. The molecule has 0 unspecified atom stereocenters. The normalized spacial score (nSPS) is 18.2. The molecule has 0 aromatic heterocycles. The molecular weight excluding hydrogens is 158 g/mol. The third kappa shape index (κ3) is 2.55. The molecule has 1 aliphatic heterocycles. The minimum absolute atomic E-state index is 0.966. The lowest BCUT2D eigenvalue weighted by atomic mass is 9.93. The van der Waals surface area contributed by atoms with Gasteiger partial charge in [0, 0.05) is 12.8 Å². The largest absolute Gasteiger partial charge is 0.293 e. The lowest BCUT2D eigenvalue weighted by molar-refractivity contribution is 0.857.